The Labute approximate surface area is 172 Å². The van der Waals surface area contributed by atoms with Crippen LogP contribution < -0.4 is 10.1 Å². The van der Waals surface area contributed by atoms with Crippen molar-refractivity contribution in [3.63, 3.8) is 0 Å². The zero-order chi connectivity index (χ0) is 21.2. The SMILES string of the molecule is CC[C@H]1Oc2cc(S(=O)(=O)N(C)CC(=O)N3CCCCCC3)c(C)cc2NC1=O. The van der Waals surface area contributed by atoms with E-state index in [-0.39, 0.29) is 23.3 Å². The quantitative estimate of drug-likeness (QED) is 0.783. The Kier molecular flexibility index (Phi) is 6.48. The maximum absolute atomic E-state index is 13.2. The Morgan fingerprint density at radius 2 is 1.90 bits per heavy atom. The van der Waals surface area contributed by atoms with E-state index in [0.29, 0.717) is 36.5 Å². The van der Waals surface area contributed by atoms with E-state index >= 15 is 0 Å². The molecule has 2 aliphatic heterocycles. The fourth-order valence-corrected chi connectivity index (χ4v) is 5.03. The molecule has 1 atom stereocenters. The van der Waals surface area contributed by atoms with Crippen molar-refractivity contribution < 1.29 is 22.7 Å². The Morgan fingerprint density at radius 1 is 1.24 bits per heavy atom. The number of likely N-dealkylation sites (N-methyl/N-ethyl adjacent to an activating group) is 1. The number of rotatable bonds is 5. The largest absolute Gasteiger partial charge is 0.478 e. The van der Waals surface area contributed by atoms with Crippen molar-refractivity contribution in [1.82, 2.24) is 9.21 Å². The average Bonchev–Trinajstić information content (AvgIpc) is 2.96. The number of aryl methyl sites for hydroxylation is 1. The number of carbonyl (C=O) groups excluding carboxylic acids is 2. The van der Waals surface area contributed by atoms with Gasteiger partial charge in [0.25, 0.3) is 5.91 Å². The lowest BCUT2D eigenvalue weighted by molar-refractivity contribution is -0.131. The van der Waals surface area contributed by atoms with Gasteiger partial charge >= 0.3 is 0 Å². The van der Waals surface area contributed by atoms with Crippen LogP contribution >= 0.6 is 0 Å². The minimum Gasteiger partial charge on any atom is -0.478 e. The Hall–Kier alpha value is -2.13. The van der Waals surface area contributed by atoms with Crippen molar-refractivity contribution in [3.05, 3.63) is 17.7 Å². The van der Waals surface area contributed by atoms with E-state index in [0.717, 1.165) is 30.0 Å². The highest BCUT2D eigenvalue weighted by Crippen LogP contribution is 2.35. The number of amides is 2. The summed E-state index contributed by atoms with van der Waals surface area (Å²) in [5.41, 5.74) is 0.941. The van der Waals surface area contributed by atoms with E-state index in [1.54, 1.807) is 17.9 Å². The fourth-order valence-electron chi connectivity index (χ4n) is 3.69. The summed E-state index contributed by atoms with van der Waals surface area (Å²) in [6, 6.07) is 3.03. The maximum Gasteiger partial charge on any atom is 0.265 e. The predicted octanol–water partition coefficient (Wildman–Crippen LogP) is 2.13. The van der Waals surface area contributed by atoms with Crippen LogP contribution in [0.25, 0.3) is 0 Å². The highest BCUT2D eigenvalue weighted by Gasteiger charge is 2.31. The smallest absolute Gasteiger partial charge is 0.265 e. The molecule has 9 heteroatoms. The van der Waals surface area contributed by atoms with Crippen molar-refractivity contribution in [2.24, 2.45) is 0 Å². The van der Waals surface area contributed by atoms with Gasteiger partial charge in [0.1, 0.15) is 5.75 Å². The number of hydrogen-bond donors (Lipinski definition) is 1. The van der Waals surface area contributed by atoms with Crippen molar-refractivity contribution in [1.29, 1.82) is 0 Å². The van der Waals surface area contributed by atoms with E-state index in [1.807, 2.05) is 6.92 Å². The van der Waals surface area contributed by atoms with Gasteiger partial charge < -0.3 is 15.0 Å². The first-order valence-electron chi connectivity index (χ1n) is 10.1. The Balaban J connectivity index is 1.81. The van der Waals surface area contributed by atoms with Gasteiger partial charge in [-0.25, -0.2) is 8.42 Å². The minimum absolute atomic E-state index is 0.0772. The molecule has 0 bridgehead atoms. The van der Waals surface area contributed by atoms with Gasteiger partial charge in [-0.15, -0.1) is 0 Å². The molecule has 29 heavy (non-hydrogen) atoms. The Bertz CT molecular complexity index is 892. The molecule has 2 aliphatic rings. The van der Waals surface area contributed by atoms with Crippen molar-refractivity contribution in [3.8, 4) is 5.75 Å². The second kappa shape index (κ2) is 8.71. The molecule has 8 nitrogen and oxygen atoms in total. The molecule has 0 aliphatic carbocycles. The summed E-state index contributed by atoms with van der Waals surface area (Å²) in [6.45, 7) is 4.64. The first-order valence-corrected chi connectivity index (χ1v) is 11.5. The van der Waals surface area contributed by atoms with Gasteiger partial charge in [-0.1, -0.05) is 19.8 Å². The van der Waals surface area contributed by atoms with E-state index < -0.39 is 16.1 Å². The molecule has 0 spiro atoms. The zero-order valence-corrected chi connectivity index (χ0v) is 18.0. The lowest BCUT2D eigenvalue weighted by Crippen LogP contribution is -2.41. The van der Waals surface area contributed by atoms with Gasteiger partial charge in [0.05, 0.1) is 17.1 Å². The van der Waals surface area contributed by atoms with Crippen LogP contribution in [0, 0.1) is 6.92 Å². The van der Waals surface area contributed by atoms with Crippen molar-refractivity contribution in [2.75, 3.05) is 32.0 Å². The second-order valence-corrected chi connectivity index (χ2v) is 9.69. The molecule has 160 valence electrons. The summed E-state index contributed by atoms with van der Waals surface area (Å²) in [4.78, 5) is 26.4. The molecule has 1 N–H and O–H groups in total. The molecule has 0 unspecified atom stereocenters. The number of nitrogens with one attached hydrogen (secondary N) is 1. The third-order valence-electron chi connectivity index (χ3n) is 5.47. The molecule has 2 heterocycles. The van der Waals surface area contributed by atoms with Crippen LogP contribution in [-0.2, 0) is 19.6 Å². The summed E-state index contributed by atoms with van der Waals surface area (Å²) in [5.74, 6) is -0.0915. The predicted molar refractivity (Wildman–Crippen MR) is 109 cm³/mol. The molecule has 0 saturated carbocycles. The normalized spacial score (nSPS) is 19.9. The monoisotopic (exact) mass is 423 g/mol. The van der Waals surface area contributed by atoms with Crippen LogP contribution in [0.15, 0.2) is 17.0 Å². The number of ether oxygens (including phenoxy) is 1. The maximum atomic E-state index is 13.2. The fraction of sp³-hybridized carbons (Fsp3) is 0.600. The van der Waals surface area contributed by atoms with Crippen LogP contribution in [0.4, 0.5) is 5.69 Å². The third kappa shape index (κ3) is 4.56. The van der Waals surface area contributed by atoms with E-state index in [1.165, 1.54) is 13.1 Å². The van der Waals surface area contributed by atoms with Crippen LogP contribution in [0.1, 0.15) is 44.6 Å². The summed E-state index contributed by atoms with van der Waals surface area (Å²) >= 11 is 0. The van der Waals surface area contributed by atoms with Crippen LogP contribution in [-0.4, -0.2) is 62.2 Å². The molecular weight excluding hydrogens is 394 g/mol. The molecule has 0 radical (unpaired) electrons. The summed E-state index contributed by atoms with van der Waals surface area (Å²) < 4.78 is 33.1. The third-order valence-corrected chi connectivity index (χ3v) is 7.42. The molecule has 1 aromatic rings. The number of fused-ring (bicyclic) bond motifs is 1. The minimum atomic E-state index is -3.89. The van der Waals surface area contributed by atoms with E-state index in [4.69, 9.17) is 4.74 Å². The van der Waals surface area contributed by atoms with Gasteiger partial charge in [-0.05, 0) is 37.8 Å². The van der Waals surface area contributed by atoms with Gasteiger partial charge in [0.15, 0.2) is 6.10 Å². The molecular formula is C20H29N3O5S. The van der Waals surface area contributed by atoms with Crippen LogP contribution in [0.2, 0.25) is 0 Å². The highest BCUT2D eigenvalue weighted by atomic mass is 32.2. The molecule has 3 rings (SSSR count). The Morgan fingerprint density at radius 3 is 2.52 bits per heavy atom. The molecule has 1 fully saturated rings. The number of benzene rings is 1. The van der Waals surface area contributed by atoms with E-state index in [9.17, 15) is 18.0 Å². The zero-order valence-electron chi connectivity index (χ0n) is 17.2. The number of likely N-dealkylation sites (tertiary alicyclic amines) is 1. The lowest BCUT2D eigenvalue weighted by Gasteiger charge is -2.27. The van der Waals surface area contributed by atoms with Gasteiger partial charge in [-0.3, -0.25) is 9.59 Å². The van der Waals surface area contributed by atoms with Crippen LogP contribution in [0.3, 0.4) is 0 Å². The van der Waals surface area contributed by atoms with Crippen molar-refractivity contribution >= 4 is 27.5 Å². The van der Waals surface area contributed by atoms with Crippen LogP contribution in [0.5, 0.6) is 5.75 Å². The molecule has 2 amide bonds. The summed E-state index contributed by atoms with van der Waals surface area (Å²) in [7, 11) is -2.47. The topological polar surface area (TPSA) is 96.0 Å². The number of hydrogen-bond acceptors (Lipinski definition) is 5. The summed E-state index contributed by atoms with van der Waals surface area (Å²) in [5, 5.41) is 2.76. The molecule has 1 saturated heterocycles. The standard InChI is InChI=1S/C20H29N3O5S/c1-4-16-20(25)21-15-11-14(2)18(12-17(15)28-16)29(26,27)22(3)13-19(24)23-9-7-5-6-8-10-23/h11-12,16H,4-10,13H2,1-3H3,(H,21,25)/t16-/m1/s1. The number of anilines is 1. The van der Waals surface area contributed by atoms with Gasteiger partial charge in [-0.2, -0.15) is 4.31 Å². The van der Waals surface area contributed by atoms with Gasteiger partial charge in [0, 0.05) is 26.2 Å². The lowest BCUT2D eigenvalue weighted by atomic mass is 10.1. The number of nitrogens with zero attached hydrogens (tertiary/aromatic N) is 2. The highest BCUT2D eigenvalue weighted by molar-refractivity contribution is 7.89. The van der Waals surface area contributed by atoms with Crippen molar-refractivity contribution in [2.45, 2.75) is 57.0 Å². The first-order chi connectivity index (χ1) is 13.7. The molecule has 1 aromatic carbocycles. The van der Waals surface area contributed by atoms with Gasteiger partial charge in [0.2, 0.25) is 15.9 Å². The number of carbonyl (C=O) groups is 2. The number of sulfonamides is 1. The molecule has 0 aromatic heterocycles. The summed E-state index contributed by atoms with van der Waals surface area (Å²) in [6.07, 6.45) is 3.93. The first kappa shape index (κ1) is 21.6. The van der Waals surface area contributed by atoms with E-state index in [2.05, 4.69) is 5.32 Å². The second-order valence-electron chi connectivity index (χ2n) is 7.67. The average molecular weight is 424 g/mol.